The Labute approximate surface area is 154 Å². The van der Waals surface area contributed by atoms with Crippen LogP contribution in [0.1, 0.15) is 28.5 Å². The van der Waals surface area contributed by atoms with E-state index >= 15 is 0 Å². The first-order valence-corrected chi connectivity index (χ1v) is 8.92. The van der Waals surface area contributed by atoms with Crippen LogP contribution >= 0.6 is 0 Å². The van der Waals surface area contributed by atoms with E-state index in [1.807, 2.05) is 25.1 Å². The van der Waals surface area contributed by atoms with Gasteiger partial charge in [-0.1, -0.05) is 12.1 Å². The average molecular weight is 355 g/mol. The van der Waals surface area contributed by atoms with Gasteiger partial charge in [-0.3, -0.25) is 14.4 Å². The molecule has 6 heteroatoms. The number of hydrogen-bond donors (Lipinski definition) is 0. The molecule has 0 amide bonds. The minimum atomic E-state index is -0.0464. The number of methoxy groups -OCH3 is 1. The van der Waals surface area contributed by atoms with Gasteiger partial charge >= 0.3 is 0 Å². The molecule has 2 heterocycles. The lowest BCUT2D eigenvalue weighted by atomic mass is 10.1. The fraction of sp³-hybridized carbons (Fsp3) is 0.400. The molecule has 1 aliphatic heterocycles. The first-order chi connectivity index (χ1) is 12.7. The highest BCUT2D eigenvalue weighted by Crippen LogP contribution is 2.23. The van der Waals surface area contributed by atoms with Crippen molar-refractivity contribution in [2.75, 3.05) is 33.4 Å². The number of ketones is 1. The summed E-state index contributed by atoms with van der Waals surface area (Å²) >= 11 is 0. The number of allylic oxidation sites excluding steroid dienone is 1. The summed E-state index contributed by atoms with van der Waals surface area (Å²) in [6, 6.07) is 7.74. The Bertz CT molecular complexity index is 776. The van der Waals surface area contributed by atoms with Gasteiger partial charge in [-0.15, -0.1) is 0 Å². The highest BCUT2D eigenvalue weighted by molar-refractivity contribution is 6.05. The second-order valence-electron chi connectivity index (χ2n) is 6.19. The number of nitrogens with zero attached hydrogens (tertiary/aromatic N) is 3. The molecule has 26 heavy (non-hydrogen) atoms. The normalized spacial score (nSPS) is 15.5. The summed E-state index contributed by atoms with van der Waals surface area (Å²) in [6.45, 7) is 6.82. The summed E-state index contributed by atoms with van der Waals surface area (Å²) < 4.78 is 12.6. The highest BCUT2D eigenvalue weighted by atomic mass is 16.5. The van der Waals surface area contributed by atoms with Gasteiger partial charge in [0.2, 0.25) is 5.78 Å². The van der Waals surface area contributed by atoms with Crippen molar-refractivity contribution >= 4 is 11.9 Å². The van der Waals surface area contributed by atoms with Crippen molar-refractivity contribution in [1.29, 1.82) is 0 Å². The predicted molar refractivity (Wildman–Crippen MR) is 100 cm³/mol. The first-order valence-electron chi connectivity index (χ1n) is 8.92. The van der Waals surface area contributed by atoms with Gasteiger partial charge in [0, 0.05) is 37.9 Å². The third-order valence-corrected chi connectivity index (χ3v) is 4.50. The summed E-state index contributed by atoms with van der Waals surface area (Å²) in [5, 5.41) is 4.14. The van der Waals surface area contributed by atoms with E-state index in [2.05, 4.69) is 16.1 Å². The molecule has 1 fully saturated rings. The third kappa shape index (κ3) is 4.39. The SMILES string of the molecule is CCn1nccc1C(=O)/C=C/c1ccc(OC)c(CN2CCOCC2)c1. The van der Waals surface area contributed by atoms with Gasteiger partial charge in [-0.25, -0.2) is 0 Å². The Balaban J connectivity index is 1.75. The van der Waals surface area contributed by atoms with Crippen molar-refractivity contribution < 1.29 is 14.3 Å². The van der Waals surface area contributed by atoms with Gasteiger partial charge in [-0.05, 0) is 36.8 Å². The third-order valence-electron chi connectivity index (χ3n) is 4.50. The smallest absolute Gasteiger partial charge is 0.203 e. The second kappa shape index (κ2) is 8.78. The Kier molecular flexibility index (Phi) is 6.20. The molecule has 0 aliphatic carbocycles. The maximum atomic E-state index is 12.4. The Hall–Kier alpha value is -2.44. The summed E-state index contributed by atoms with van der Waals surface area (Å²) in [5.41, 5.74) is 2.69. The van der Waals surface area contributed by atoms with E-state index in [-0.39, 0.29) is 5.78 Å². The molecule has 0 bridgehead atoms. The van der Waals surface area contributed by atoms with E-state index < -0.39 is 0 Å². The molecule has 1 aromatic heterocycles. The maximum absolute atomic E-state index is 12.4. The van der Waals surface area contributed by atoms with Crippen LogP contribution in [0.2, 0.25) is 0 Å². The molecule has 138 valence electrons. The first kappa shape index (κ1) is 18.4. The van der Waals surface area contributed by atoms with Gasteiger partial charge in [0.1, 0.15) is 11.4 Å². The van der Waals surface area contributed by atoms with Crippen molar-refractivity contribution in [2.24, 2.45) is 0 Å². The highest BCUT2D eigenvalue weighted by Gasteiger charge is 2.14. The molecule has 2 aromatic rings. The lowest BCUT2D eigenvalue weighted by molar-refractivity contribution is 0.0339. The molecule has 0 radical (unpaired) electrons. The zero-order chi connectivity index (χ0) is 18.4. The van der Waals surface area contributed by atoms with Crippen LogP contribution in [0, 0.1) is 0 Å². The molecule has 0 saturated carbocycles. The largest absolute Gasteiger partial charge is 0.496 e. The van der Waals surface area contributed by atoms with Crippen molar-refractivity contribution in [3.63, 3.8) is 0 Å². The quantitative estimate of drug-likeness (QED) is 0.564. The number of hydrogen-bond acceptors (Lipinski definition) is 5. The zero-order valence-electron chi connectivity index (χ0n) is 15.4. The van der Waals surface area contributed by atoms with Crippen molar-refractivity contribution in [1.82, 2.24) is 14.7 Å². The van der Waals surface area contributed by atoms with Gasteiger partial charge in [0.25, 0.3) is 0 Å². The van der Waals surface area contributed by atoms with E-state index in [1.165, 1.54) is 0 Å². The van der Waals surface area contributed by atoms with E-state index in [1.54, 1.807) is 30.1 Å². The van der Waals surface area contributed by atoms with Gasteiger partial charge in [-0.2, -0.15) is 5.10 Å². The van der Waals surface area contributed by atoms with Crippen LogP contribution in [-0.2, 0) is 17.8 Å². The Morgan fingerprint density at radius 2 is 2.12 bits per heavy atom. The van der Waals surface area contributed by atoms with E-state index in [4.69, 9.17) is 9.47 Å². The predicted octanol–water partition coefficient (Wildman–Crippen LogP) is 2.64. The van der Waals surface area contributed by atoms with Crippen molar-refractivity contribution in [3.05, 3.63) is 53.4 Å². The van der Waals surface area contributed by atoms with Crippen molar-refractivity contribution in [2.45, 2.75) is 20.0 Å². The van der Waals surface area contributed by atoms with Crippen LogP contribution in [0.25, 0.3) is 6.08 Å². The molecule has 6 nitrogen and oxygen atoms in total. The fourth-order valence-electron chi connectivity index (χ4n) is 3.08. The van der Waals surface area contributed by atoms with E-state index in [9.17, 15) is 4.79 Å². The standard InChI is InChI=1S/C20H25N3O3/c1-3-23-18(8-9-21-23)19(24)6-4-16-5-7-20(25-2)17(14-16)15-22-10-12-26-13-11-22/h4-9,14H,3,10-13,15H2,1-2H3/b6-4+. The number of carbonyl (C=O) groups is 1. The Morgan fingerprint density at radius 3 is 2.85 bits per heavy atom. The van der Waals surface area contributed by atoms with E-state index in [0.29, 0.717) is 12.2 Å². The lowest BCUT2D eigenvalue weighted by Gasteiger charge is -2.27. The van der Waals surface area contributed by atoms with Crippen LogP contribution in [0.4, 0.5) is 0 Å². The molecule has 1 aliphatic rings. The summed E-state index contributed by atoms with van der Waals surface area (Å²) in [4.78, 5) is 14.7. The zero-order valence-corrected chi connectivity index (χ0v) is 15.4. The number of aromatic nitrogens is 2. The van der Waals surface area contributed by atoms with Crippen LogP contribution in [0.3, 0.4) is 0 Å². The van der Waals surface area contributed by atoms with Gasteiger partial charge in [0.15, 0.2) is 0 Å². The average Bonchev–Trinajstić information content (AvgIpc) is 3.16. The maximum Gasteiger partial charge on any atom is 0.203 e. The number of benzene rings is 1. The topological polar surface area (TPSA) is 56.6 Å². The molecule has 3 rings (SSSR count). The van der Waals surface area contributed by atoms with E-state index in [0.717, 1.165) is 49.7 Å². The molecule has 1 aromatic carbocycles. The number of aryl methyl sites for hydroxylation is 1. The fourth-order valence-corrected chi connectivity index (χ4v) is 3.08. The van der Waals surface area contributed by atoms with Crippen LogP contribution < -0.4 is 4.74 Å². The van der Waals surface area contributed by atoms with Gasteiger partial charge in [0.05, 0.1) is 20.3 Å². The molecule has 0 spiro atoms. The molecule has 0 N–H and O–H groups in total. The van der Waals surface area contributed by atoms with Crippen LogP contribution in [0.15, 0.2) is 36.5 Å². The number of carbonyl (C=O) groups excluding carboxylic acids is 1. The Morgan fingerprint density at radius 1 is 1.31 bits per heavy atom. The lowest BCUT2D eigenvalue weighted by Crippen LogP contribution is -2.35. The molecule has 0 atom stereocenters. The van der Waals surface area contributed by atoms with Crippen molar-refractivity contribution in [3.8, 4) is 5.75 Å². The number of ether oxygens (including phenoxy) is 2. The van der Waals surface area contributed by atoms with Gasteiger partial charge < -0.3 is 9.47 Å². The number of morpholine rings is 1. The molecule has 0 unspecified atom stereocenters. The molecular formula is C20H25N3O3. The monoisotopic (exact) mass is 355 g/mol. The summed E-state index contributed by atoms with van der Waals surface area (Å²) in [5.74, 6) is 0.818. The molecular weight excluding hydrogens is 330 g/mol. The summed E-state index contributed by atoms with van der Waals surface area (Å²) in [7, 11) is 1.68. The minimum absolute atomic E-state index is 0.0464. The minimum Gasteiger partial charge on any atom is -0.496 e. The molecule has 1 saturated heterocycles. The van der Waals surface area contributed by atoms with Crippen LogP contribution in [-0.4, -0.2) is 53.9 Å². The second-order valence-corrected chi connectivity index (χ2v) is 6.19. The summed E-state index contributed by atoms with van der Waals surface area (Å²) in [6.07, 6.45) is 5.10. The van der Waals surface area contributed by atoms with Crippen LogP contribution in [0.5, 0.6) is 5.75 Å². The number of rotatable bonds is 7.